The maximum Gasteiger partial charge on any atom is 0.128 e. The summed E-state index contributed by atoms with van der Waals surface area (Å²) in [5.74, 6) is -1.63. The minimum absolute atomic E-state index is 0.0620. The third-order valence-electron chi connectivity index (χ3n) is 2.46. The van der Waals surface area contributed by atoms with Crippen molar-refractivity contribution in [3.05, 3.63) is 69.4 Å². The maximum atomic E-state index is 13.7. The van der Waals surface area contributed by atoms with E-state index >= 15 is 0 Å². The SMILES string of the molecule is Fc1ccc(F)c(C(Br)c2cc(Br)ccc2F)c1. The number of rotatable bonds is 2. The zero-order valence-electron chi connectivity index (χ0n) is 8.93. The average Bonchev–Trinajstić information content (AvgIpc) is 2.34. The number of hydrogen-bond donors (Lipinski definition) is 0. The number of benzene rings is 2. The fraction of sp³-hybridized carbons (Fsp3) is 0.0769. The van der Waals surface area contributed by atoms with Crippen LogP contribution >= 0.6 is 31.9 Å². The largest absolute Gasteiger partial charge is 0.207 e. The van der Waals surface area contributed by atoms with Gasteiger partial charge in [0.1, 0.15) is 17.5 Å². The van der Waals surface area contributed by atoms with Gasteiger partial charge < -0.3 is 0 Å². The monoisotopic (exact) mass is 378 g/mol. The van der Waals surface area contributed by atoms with Crippen molar-refractivity contribution < 1.29 is 13.2 Å². The topological polar surface area (TPSA) is 0 Å². The summed E-state index contributed by atoms with van der Waals surface area (Å²) in [4.78, 5) is -0.745. The second kappa shape index (κ2) is 5.45. The third-order valence-corrected chi connectivity index (χ3v) is 3.94. The van der Waals surface area contributed by atoms with Crippen LogP contribution in [0.1, 0.15) is 16.0 Å². The molecule has 0 bridgehead atoms. The van der Waals surface area contributed by atoms with Crippen LogP contribution in [0.2, 0.25) is 0 Å². The Labute approximate surface area is 119 Å². The highest BCUT2D eigenvalue weighted by atomic mass is 79.9. The van der Waals surface area contributed by atoms with Crippen LogP contribution in [0.25, 0.3) is 0 Å². The Kier molecular flexibility index (Phi) is 4.12. The highest BCUT2D eigenvalue weighted by Crippen LogP contribution is 2.35. The number of halogens is 5. The lowest BCUT2D eigenvalue weighted by Crippen LogP contribution is -2.00. The van der Waals surface area contributed by atoms with Gasteiger partial charge in [-0.05, 0) is 36.4 Å². The molecule has 0 saturated carbocycles. The molecule has 0 amide bonds. The number of hydrogen-bond acceptors (Lipinski definition) is 0. The third kappa shape index (κ3) is 2.78. The van der Waals surface area contributed by atoms with Gasteiger partial charge in [-0.15, -0.1) is 0 Å². The maximum absolute atomic E-state index is 13.7. The Balaban J connectivity index is 2.50. The van der Waals surface area contributed by atoms with E-state index in [2.05, 4.69) is 31.9 Å². The van der Waals surface area contributed by atoms with Gasteiger partial charge in [0.15, 0.2) is 0 Å². The first kappa shape index (κ1) is 13.6. The molecule has 0 aliphatic heterocycles. The molecule has 5 heteroatoms. The van der Waals surface area contributed by atoms with Crippen LogP contribution in [-0.2, 0) is 0 Å². The molecular formula is C13H7Br2F3. The van der Waals surface area contributed by atoms with E-state index < -0.39 is 22.3 Å². The molecule has 0 aromatic heterocycles. The van der Waals surface area contributed by atoms with Crippen LogP contribution in [-0.4, -0.2) is 0 Å². The predicted octanol–water partition coefficient (Wildman–Crippen LogP) is 5.35. The van der Waals surface area contributed by atoms with E-state index in [9.17, 15) is 13.2 Å². The van der Waals surface area contributed by atoms with Crippen molar-refractivity contribution in [1.29, 1.82) is 0 Å². The second-order valence-electron chi connectivity index (χ2n) is 3.69. The predicted molar refractivity (Wildman–Crippen MR) is 71.2 cm³/mol. The Morgan fingerprint density at radius 3 is 2.06 bits per heavy atom. The molecule has 1 atom stereocenters. The average molecular weight is 380 g/mol. The van der Waals surface area contributed by atoms with E-state index in [0.29, 0.717) is 4.47 Å². The summed E-state index contributed by atoms with van der Waals surface area (Å²) in [5, 5.41) is 0. The van der Waals surface area contributed by atoms with Crippen LogP contribution in [0.15, 0.2) is 40.9 Å². The van der Waals surface area contributed by atoms with Crippen LogP contribution in [0, 0.1) is 17.5 Å². The fourth-order valence-corrected chi connectivity index (χ4v) is 2.67. The molecule has 1 unspecified atom stereocenters. The van der Waals surface area contributed by atoms with Gasteiger partial charge in [-0.3, -0.25) is 0 Å². The van der Waals surface area contributed by atoms with E-state index in [-0.39, 0.29) is 11.1 Å². The van der Waals surface area contributed by atoms with Gasteiger partial charge in [0, 0.05) is 15.6 Å². The van der Waals surface area contributed by atoms with Crippen molar-refractivity contribution in [2.75, 3.05) is 0 Å². The number of alkyl halides is 1. The van der Waals surface area contributed by atoms with Crippen LogP contribution in [0.3, 0.4) is 0 Å². The first-order chi connectivity index (χ1) is 8.49. The standard InChI is InChI=1S/C13H7Br2F3/c14-7-1-3-11(17)9(5-7)13(15)10-6-8(16)2-4-12(10)18/h1-6,13H. The molecule has 2 rings (SSSR count). The lowest BCUT2D eigenvalue weighted by atomic mass is 10.0. The zero-order chi connectivity index (χ0) is 13.3. The van der Waals surface area contributed by atoms with Crippen molar-refractivity contribution in [2.45, 2.75) is 4.83 Å². The molecule has 0 aliphatic rings. The van der Waals surface area contributed by atoms with Crippen molar-refractivity contribution in [1.82, 2.24) is 0 Å². The molecule has 94 valence electrons. The zero-order valence-corrected chi connectivity index (χ0v) is 12.1. The molecule has 2 aromatic rings. The molecule has 0 heterocycles. The van der Waals surface area contributed by atoms with E-state index in [4.69, 9.17) is 0 Å². The lowest BCUT2D eigenvalue weighted by Gasteiger charge is -2.13. The van der Waals surface area contributed by atoms with Gasteiger partial charge in [0.2, 0.25) is 0 Å². The van der Waals surface area contributed by atoms with Gasteiger partial charge in [-0.1, -0.05) is 31.9 Å². The van der Waals surface area contributed by atoms with Crippen LogP contribution in [0.5, 0.6) is 0 Å². The van der Waals surface area contributed by atoms with Crippen molar-refractivity contribution >= 4 is 31.9 Å². The van der Waals surface area contributed by atoms with Crippen molar-refractivity contribution in [2.24, 2.45) is 0 Å². The summed E-state index contributed by atoms with van der Waals surface area (Å²) in [7, 11) is 0. The summed E-state index contributed by atoms with van der Waals surface area (Å²) < 4.78 is 41.1. The van der Waals surface area contributed by atoms with E-state index in [1.165, 1.54) is 12.1 Å². The summed E-state index contributed by atoms with van der Waals surface area (Å²) in [6.45, 7) is 0. The first-order valence-electron chi connectivity index (χ1n) is 5.03. The molecule has 0 fully saturated rings. The van der Waals surface area contributed by atoms with Crippen LogP contribution in [0.4, 0.5) is 13.2 Å². The Morgan fingerprint density at radius 2 is 1.39 bits per heavy atom. The van der Waals surface area contributed by atoms with E-state index in [1.807, 2.05) is 0 Å². The van der Waals surface area contributed by atoms with Gasteiger partial charge in [-0.25, -0.2) is 13.2 Å². The van der Waals surface area contributed by atoms with Crippen molar-refractivity contribution in [3.63, 3.8) is 0 Å². The highest BCUT2D eigenvalue weighted by molar-refractivity contribution is 9.10. The Bertz CT molecular complexity index is 533. The summed E-state index contributed by atoms with van der Waals surface area (Å²) in [6, 6.07) is 7.43. The molecule has 0 aliphatic carbocycles. The first-order valence-corrected chi connectivity index (χ1v) is 6.74. The van der Waals surface area contributed by atoms with E-state index in [0.717, 1.165) is 18.2 Å². The molecule has 0 spiro atoms. The van der Waals surface area contributed by atoms with Crippen LogP contribution < -0.4 is 0 Å². The summed E-state index contributed by atoms with van der Waals surface area (Å²) >= 11 is 6.41. The molecule has 0 radical (unpaired) electrons. The summed E-state index contributed by atoms with van der Waals surface area (Å²) in [6.07, 6.45) is 0. The van der Waals surface area contributed by atoms with Crippen molar-refractivity contribution in [3.8, 4) is 0 Å². The van der Waals surface area contributed by atoms with Gasteiger partial charge in [0.25, 0.3) is 0 Å². The molecule has 2 aromatic carbocycles. The van der Waals surface area contributed by atoms with Gasteiger partial charge >= 0.3 is 0 Å². The summed E-state index contributed by atoms with van der Waals surface area (Å²) in [5.41, 5.74) is 0.306. The Hall–Kier alpha value is -0.810. The van der Waals surface area contributed by atoms with E-state index in [1.54, 1.807) is 6.07 Å². The molecule has 0 nitrogen and oxygen atoms in total. The highest BCUT2D eigenvalue weighted by Gasteiger charge is 2.19. The Morgan fingerprint density at radius 1 is 0.833 bits per heavy atom. The lowest BCUT2D eigenvalue weighted by molar-refractivity contribution is 0.581. The van der Waals surface area contributed by atoms with Gasteiger partial charge in [-0.2, -0.15) is 0 Å². The minimum Gasteiger partial charge on any atom is -0.207 e. The second-order valence-corrected chi connectivity index (χ2v) is 5.53. The minimum atomic E-state index is -0.745. The molecule has 18 heavy (non-hydrogen) atoms. The fourth-order valence-electron chi connectivity index (χ4n) is 1.59. The smallest absolute Gasteiger partial charge is 0.128 e. The normalized spacial score (nSPS) is 12.5. The molecular weight excluding hydrogens is 373 g/mol. The quantitative estimate of drug-likeness (QED) is 0.617. The van der Waals surface area contributed by atoms with Gasteiger partial charge in [0.05, 0.1) is 4.83 Å². The molecule has 0 saturated heterocycles. The molecule has 0 N–H and O–H groups in total.